The van der Waals surface area contributed by atoms with Crippen LogP contribution >= 0.6 is 34.8 Å². The molecule has 1 N–H and O–H groups in total. The van der Waals surface area contributed by atoms with E-state index in [-0.39, 0.29) is 5.91 Å². The topological polar surface area (TPSA) is 50.2 Å². The Labute approximate surface area is 193 Å². The van der Waals surface area contributed by atoms with Crippen molar-refractivity contribution in [1.29, 1.82) is 0 Å². The fourth-order valence-corrected chi connectivity index (χ4v) is 4.20. The van der Waals surface area contributed by atoms with Crippen molar-refractivity contribution < 1.29 is 4.79 Å². The van der Waals surface area contributed by atoms with Gasteiger partial charge in [0.1, 0.15) is 16.9 Å². The number of nitrogens with one attached hydrogen (secondary N) is 1. The van der Waals surface area contributed by atoms with Gasteiger partial charge in [-0.25, -0.2) is 4.68 Å². The van der Waals surface area contributed by atoms with Crippen LogP contribution in [0.2, 0.25) is 15.1 Å². The molecule has 3 heterocycles. The van der Waals surface area contributed by atoms with Gasteiger partial charge < -0.3 is 10.2 Å². The average Bonchev–Trinajstić information content (AvgIpc) is 3.43. The fourth-order valence-electron chi connectivity index (χ4n) is 3.61. The smallest absolute Gasteiger partial charge is 0.254 e. The van der Waals surface area contributed by atoms with Crippen molar-refractivity contribution in [3.05, 3.63) is 56.3 Å². The Morgan fingerprint density at radius 1 is 1.13 bits per heavy atom. The number of carbonyl (C=O) groups excluding carboxylic acids is 1. The predicted molar refractivity (Wildman–Crippen MR) is 125 cm³/mol. The minimum Gasteiger partial charge on any atom is -0.342 e. The second-order valence-electron chi connectivity index (χ2n) is 6.49. The van der Waals surface area contributed by atoms with E-state index in [2.05, 4.69) is 23.3 Å². The van der Waals surface area contributed by atoms with Gasteiger partial charge in [0.25, 0.3) is 5.91 Å². The van der Waals surface area contributed by atoms with Gasteiger partial charge in [0.05, 0.1) is 21.8 Å². The molecule has 2 aliphatic rings. The SMILES string of the molecule is C#C.CC.CC1=C(C(=O)N2CCCC2)C(c2cccc(Cl)c2Cl)n2ncc(Cl)c2N1. The number of anilines is 1. The van der Waals surface area contributed by atoms with Crippen molar-refractivity contribution in [1.82, 2.24) is 14.7 Å². The number of rotatable bonds is 2. The van der Waals surface area contributed by atoms with Crippen molar-refractivity contribution in [2.75, 3.05) is 18.4 Å². The molecule has 0 aliphatic carbocycles. The molecule has 5 nitrogen and oxygen atoms in total. The van der Waals surface area contributed by atoms with Crippen molar-refractivity contribution in [2.45, 2.75) is 39.7 Å². The summed E-state index contributed by atoms with van der Waals surface area (Å²) in [5.74, 6) is 0.633. The molecule has 0 radical (unpaired) electrons. The summed E-state index contributed by atoms with van der Waals surface area (Å²) in [6.45, 7) is 7.40. The third-order valence-electron chi connectivity index (χ3n) is 4.88. The quantitative estimate of drug-likeness (QED) is 0.549. The van der Waals surface area contributed by atoms with Crippen LogP contribution in [0, 0.1) is 12.8 Å². The molecular formula is C22H25Cl3N4O. The molecule has 1 saturated heterocycles. The molecular weight excluding hydrogens is 443 g/mol. The van der Waals surface area contributed by atoms with E-state index in [9.17, 15) is 4.79 Å². The molecule has 1 aromatic heterocycles. The Hall–Kier alpha value is -2.13. The fraction of sp³-hybridized carbons (Fsp3) is 0.364. The van der Waals surface area contributed by atoms with Gasteiger partial charge in [-0.1, -0.05) is 60.8 Å². The van der Waals surface area contributed by atoms with Crippen LogP contribution < -0.4 is 5.32 Å². The number of amides is 1. The molecule has 1 aromatic carbocycles. The van der Waals surface area contributed by atoms with E-state index in [4.69, 9.17) is 34.8 Å². The molecule has 1 atom stereocenters. The predicted octanol–water partition coefficient (Wildman–Crippen LogP) is 6.03. The molecule has 30 heavy (non-hydrogen) atoms. The molecule has 0 saturated carbocycles. The van der Waals surface area contributed by atoms with Crippen LogP contribution in [0.1, 0.15) is 45.2 Å². The van der Waals surface area contributed by atoms with E-state index >= 15 is 0 Å². The molecule has 1 amide bonds. The molecule has 1 fully saturated rings. The Balaban J connectivity index is 0.000000757. The second-order valence-corrected chi connectivity index (χ2v) is 7.69. The Morgan fingerprint density at radius 2 is 1.77 bits per heavy atom. The van der Waals surface area contributed by atoms with Crippen LogP contribution in [-0.4, -0.2) is 33.7 Å². The van der Waals surface area contributed by atoms with Gasteiger partial charge in [-0.05, 0) is 25.8 Å². The van der Waals surface area contributed by atoms with Crippen molar-refractivity contribution in [3.63, 3.8) is 0 Å². The third-order valence-corrected chi connectivity index (χ3v) is 5.99. The minimum absolute atomic E-state index is 0.00850. The lowest BCUT2D eigenvalue weighted by Crippen LogP contribution is -2.36. The van der Waals surface area contributed by atoms with E-state index in [0.717, 1.165) is 37.2 Å². The maximum atomic E-state index is 13.3. The van der Waals surface area contributed by atoms with Gasteiger partial charge in [-0.15, -0.1) is 12.8 Å². The van der Waals surface area contributed by atoms with Crippen molar-refractivity contribution >= 4 is 46.5 Å². The molecule has 4 rings (SSSR count). The first-order chi connectivity index (χ1) is 14.5. The summed E-state index contributed by atoms with van der Waals surface area (Å²) in [4.78, 5) is 15.2. The van der Waals surface area contributed by atoms with Crippen LogP contribution in [0.25, 0.3) is 0 Å². The van der Waals surface area contributed by atoms with Crippen LogP contribution in [0.5, 0.6) is 0 Å². The highest BCUT2D eigenvalue weighted by Crippen LogP contribution is 2.43. The number of hydrogen-bond donors (Lipinski definition) is 1. The largest absolute Gasteiger partial charge is 0.342 e. The highest BCUT2D eigenvalue weighted by atomic mass is 35.5. The first-order valence-electron chi connectivity index (χ1n) is 9.76. The lowest BCUT2D eigenvalue weighted by atomic mass is 9.94. The van der Waals surface area contributed by atoms with Crippen molar-refractivity contribution in [3.8, 4) is 12.8 Å². The Bertz CT molecular complexity index is 959. The van der Waals surface area contributed by atoms with Crippen LogP contribution in [0.15, 0.2) is 35.7 Å². The summed E-state index contributed by atoms with van der Waals surface area (Å²) in [5.41, 5.74) is 2.09. The summed E-state index contributed by atoms with van der Waals surface area (Å²) in [5, 5.41) is 8.95. The minimum atomic E-state index is -0.488. The zero-order chi connectivity index (χ0) is 22.4. The van der Waals surface area contributed by atoms with E-state index in [1.807, 2.05) is 37.8 Å². The Kier molecular flexibility index (Phi) is 8.66. The van der Waals surface area contributed by atoms with Gasteiger partial charge in [0.2, 0.25) is 0 Å². The zero-order valence-corrected chi connectivity index (χ0v) is 19.5. The highest BCUT2D eigenvalue weighted by molar-refractivity contribution is 6.42. The van der Waals surface area contributed by atoms with Gasteiger partial charge in [-0.2, -0.15) is 5.10 Å². The number of fused-ring (bicyclic) bond motifs is 1. The van der Waals surface area contributed by atoms with Crippen LogP contribution in [0.4, 0.5) is 5.82 Å². The number of aromatic nitrogens is 2. The molecule has 2 aromatic rings. The van der Waals surface area contributed by atoms with E-state index in [1.165, 1.54) is 0 Å². The first kappa shape index (κ1) is 24.1. The maximum absolute atomic E-state index is 13.3. The number of likely N-dealkylation sites (tertiary alicyclic amines) is 1. The maximum Gasteiger partial charge on any atom is 0.254 e. The van der Waals surface area contributed by atoms with Gasteiger partial charge in [-0.3, -0.25) is 4.79 Å². The highest BCUT2D eigenvalue weighted by Gasteiger charge is 2.37. The number of benzene rings is 1. The van der Waals surface area contributed by atoms with E-state index < -0.39 is 6.04 Å². The summed E-state index contributed by atoms with van der Waals surface area (Å²) in [7, 11) is 0. The Morgan fingerprint density at radius 3 is 2.40 bits per heavy atom. The molecule has 160 valence electrons. The molecule has 1 unspecified atom stereocenters. The molecule has 8 heteroatoms. The molecule has 0 bridgehead atoms. The summed E-state index contributed by atoms with van der Waals surface area (Å²) < 4.78 is 1.70. The first-order valence-corrected chi connectivity index (χ1v) is 10.9. The lowest BCUT2D eigenvalue weighted by molar-refractivity contribution is -0.126. The van der Waals surface area contributed by atoms with E-state index in [1.54, 1.807) is 16.9 Å². The van der Waals surface area contributed by atoms with Gasteiger partial charge >= 0.3 is 0 Å². The van der Waals surface area contributed by atoms with Crippen LogP contribution in [0.3, 0.4) is 0 Å². The van der Waals surface area contributed by atoms with E-state index in [0.29, 0.717) is 26.5 Å². The number of allylic oxidation sites excluding steroid dienone is 1. The zero-order valence-electron chi connectivity index (χ0n) is 17.3. The number of carbonyl (C=O) groups is 1. The summed E-state index contributed by atoms with van der Waals surface area (Å²) >= 11 is 19.0. The van der Waals surface area contributed by atoms with Gasteiger partial charge in [0.15, 0.2) is 0 Å². The standard InChI is InChI=1S/C18H17Cl3N4O.C2H6.C2H2/c1-10-14(18(26)24-7-2-3-8-24)16(11-5-4-6-12(19)15(11)21)25-17(23-10)13(20)9-22-25;2*1-2/h4-6,9,16,23H,2-3,7-8H2,1H3;1-2H3;1-2H. The van der Waals surface area contributed by atoms with Crippen molar-refractivity contribution in [2.24, 2.45) is 0 Å². The number of halogens is 3. The number of terminal acetylenes is 1. The summed E-state index contributed by atoms with van der Waals surface area (Å²) in [6, 6.07) is 4.93. The number of hydrogen-bond acceptors (Lipinski definition) is 3. The second kappa shape index (κ2) is 10.8. The lowest BCUT2D eigenvalue weighted by Gasteiger charge is -2.32. The van der Waals surface area contributed by atoms with Crippen LogP contribution in [-0.2, 0) is 4.79 Å². The average molecular weight is 468 g/mol. The summed E-state index contributed by atoms with van der Waals surface area (Å²) in [6.07, 6.45) is 11.6. The molecule has 0 spiro atoms. The number of nitrogens with zero attached hydrogens (tertiary/aromatic N) is 3. The normalized spacial score (nSPS) is 17.2. The third kappa shape index (κ3) is 4.46. The molecule has 2 aliphatic heterocycles. The monoisotopic (exact) mass is 466 g/mol. The van der Waals surface area contributed by atoms with Gasteiger partial charge in [0, 0.05) is 24.4 Å².